The Morgan fingerprint density at radius 2 is 2.00 bits per heavy atom. The topological polar surface area (TPSA) is 34.5 Å². The molecule has 0 amide bonds. The van der Waals surface area contributed by atoms with Crippen LogP contribution < -0.4 is 4.84 Å². The molecule has 1 heterocycles. The third-order valence-corrected chi connectivity index (χ3v) is 1.76. The molecule has 0 unspecified atom stereocenters. The molecule has 0 aliphatic rings. The molecule has 0 aliphatic heterocycles. The first-order chi connectivity index (χ1) is 5.65. The van der Waals surface area contributed by atoms with Gasteiger partial charge in [0, 0.05) is 18.0 Å². The van der Waals surface area contributed by atoms with Gasteiger partial charge in [-0.15, -0.1) is 0 Å². The van der Waals surface area contributed by atoms with Crippen LogP contribution in [0.15, 0.2) is 11.2 Å². The monoisotopic (exact) mass is 164 g/mol. The quantitative estimate of drug-likeness (QED) is 0.495. The van der Waals surface area contributed by atoms with Gasteiger partial charge in [0.15, 0.2) is 0 Å². The van der Waals surface area contributed by atoms with Gasteiger partial charge in [-0.2, -0.15) is 0 Å². The van der Waals surface area contributed by atoms with Crippen molar-refractivity contribution >= 4 is 6.72 Å². The van der Waals surface area contributed by atoms with E-state index in [0.717, 1.165) is 16.8 Å². The predicted octanol–water partition coefficient (Wildman–Crippen LogP) is 2.00. The fourth-order valence-electron chi connectivity index (χ4n) is 0.973. The maximum Gasteiger partial charge on any atom is 0.251 e. The Morgan fingerprint density at radius 3 is 2.58 bits per heavy atom. The van der Waals surface area contributed by atoms with Gasteiger partial charge in [-0.05, 0) is 32.4 Å². The molecule has 3 heteroatoms. The molecule has 0 saturated heterocycles. The highest BCUT2D eigenvalue weighted by atomic mass is 16.6. The van der Waals surface area contributed by atoms with E-state index in [2.05, 4.69) is 16.9 Å². The molecular formula is C9H12N2O. The molecule has 0 spiro atoms. The van der Waals surface area contributed by atoms with Crippen LogP contribution in [-0.4, -0.2) is 11.7 Å². The zero-order valence-corrected chi connectivity index (χ0v) is 7.59. The molecule has 1 rings (SSSR count). The number of rotatable bonds is 2. The van der Waals surface area contributed by atoms with Crippen LogP contribution in [0.2, 0.25) is 0 Å². The Labute approximate surface area is 72.1 Å². The first-order valence-corrected chi connectivity index (χ1v) is 3.73. The van der Waals surface area contributed by atoms with Crippen LogP contribution in [0, 0.1) is 20.8 Å². The van der Waals surface area contributed by atoms with Crippen LogP contribution in [0.3, 0.4) is 0 Å². The van der Waals surface area contributed by atoms with Crippen molar-refractivity contribution in [3.05, 3.63) is 22.9 Å². The van der Waals surface area contributed by atoms with E-state index in [4.69, 9.17) is 4.84 Å². The SMILES string of the molecule is C=NOc1nc(C)c(C)cc1C. The number of pyridine rings is 1. The highest BCUT2D eigenvalue weighted by molar-refractivity contribution is 5.32. The highest BCUT2D eigenvalue weighted by Gasteiger charge is 2.03. The van der Waals surface area contributed by atoms with Gasteiger partial charge >= 0.3 is 0 Å². The van der Waals surface area contributed by atoms with E-state index >= 15 is 0 Å². The summed E-state index contributed by atoms with van der Waals surface area (Å²) in [7, 11) is 0. The van der Waals surface area contributed by atoms with Crippen molar-refractivity contribution in [2.75, 3.05) is 0 Å². The normalized spacial score (nSPS) is 9.58. The van der Waals surface area contributed by atoms with Crippen molar-refractivity contribution in [3.8, 4) is 5.88 Å². The molecule has 12 heavy (non-hydrogen) atoms. The lowest BCUT2D eigenvalue weighted by atomic mass is 10.2. The molecule has 1 aromatic rings. The summed E-state index contributed by atoms with van der Waals surface area (Å²) in [5, 5.41) is 3.33. The molecule has 0 fully saturated rings. The summed E-state index contributed by atoms with van der Waals surface area (Å²) in [6.45, 7) is 9.12. The van der Waals surface area contributed by atoms with E-state index in [9.17, 15) is 0 Å². The summed E-state index contributed by atoms with van der Waals surface area (Å²) >= 11 is 0. The first-order valence-electron chi connectivity index (χ1n) is 3.73. The van der Waals surface area contributed by atoms with Crippen molar-refractivity contribution in [2.45, 2.75) is 20.8 Å². The summed E-state index contributed by atoms with van der Waals surface area (Å²) in [5.41, 5.74) is 3.09. The maximum absolute atomic E-state index is 4.88. The zero-order valence-electron chi connectivity index (χ0n) is 7.59. The summed E-state index contributed by atoms with van der Waals surface area (Å²) in [4.78, 5) is 9.08. The molecule has 3 nitrogen and oxygen atoms in total. The number of oxime groups is 1. The van der Waals surface area contributed by atoms with Crippen LogP contribution in [0.25, 0.3) is 0 Å². The van der Waals surface area contributed by atoms with Gasteiger partial charge in [-0.1, -0.05) is 5.16 Å². The number of aryl methyl sites for hydroxylation is 3. The fraction of sp³-hybridized carbons (Fsp3) is 0.333. The van der Waals surface area contributed by atoms with E-state index in [-0.39, 0.29) is 0 Å². The predicted molar refractivity (Wildman–Crippen MR) is 48.6 cm³/mol. The van der Waals surface area contributed by atoms with E-state index < -0.39 is 0 Å². The Balaban J connectivity index is 3.13. The number of nitrogens with zero attached hydrogens (tertiary/aromatic N) is 2. The molecular weight excluding hydrogens is 152 g/mol. The highest BCUT2D eigenvalue weighted by Crippen LogP contribution is 2.17. The van der Waals surface area contributed by atoms with E-state index in [1.807, 2.05) is 26.8 Å². The van der Waals surface area contributed by atoms with E-state index in [0.29, 0.717) is 5.88 Å². The minimum atomic E-state index is 0.535. The second-order valence-electron chi connectivity index (χ2n) is 2.73. The van der Waals surface area contributed by atoms with Crippen molar-refractivity contribution in [1.29, 1.82) is 0 Å². The van der Waals surface area contributed by atoms with Crippen LogP contribution in [0.4, 0.5) is 0 Å². The lowest BCUT2D eigenvalue weighted by Crippen LogP contribution is -1.94. The molecule has 0 N–H and O–H groups in total. The van der Waals surface area contributed by atoms with Crippen LogP contribution in [0.5, 0.6) is 5.88 Å². The number of hydrogen-bond donors (Lipinski definition) is 0. The number of hydrogen-bond acceptors (Lipinski definition) is 3. The van der Waals surface area contributed by atoms with Crippen molar-refractivity contribution in [3.63, 3.8) is 0 Å². The van der Waals surface area contributed by atoms with Crippen LogP contribution >= 0.6 is 0 Å². The van der Waals surface area contributed by atoms with E-state index in [1.165, 1.54) is 0 Å². The second kappa shape index (κ2) is 3.34. The molecule has 64 valence electrons. The van der Waals surface area contributed by atoms with Gasteiger partial charge in [-0.3, -0.25) is 0 Å². The third-order valence-electron chi connectivity index (χ3n) is 1.76. The summed E-state index contributed by atoms with van der Waals surface area (Å²) in [6, 6.07) is 2.02. The van der Waals surface area contributed by atoms with Gasteiger partial charge in [-0.25, -0.2) is 4.98 Å². The Hall–Kier alpha value is -1.38. The smallest absolute Gasteiger partial charge is 0.251 e. The van der Waals surface area contributed by atoms with Gasteiger partial charge in [0.2, 0.25) is 0 Å². The molecule has 0 radical (unpaired) electrons. The Kier molecular flexibility index (Phi) is 2.43. The fourth-order valence-corrected chi connectivity index (χ4v) is 0.973. The maximum atomic E-state index is 4.88. The minimum absolute atomic E-state index is 0.535. The second-order valence-corrected chi connectivity index (χ2v) is 2.73. The number of aromatic nitrogens is 1. The lowest BCUT2D eigenvalue weighted by Gasteiger charge is -2.04. The first kappa shape index (κ1) is 8.71. The average Bonchev–Trinajstić information content (AvgIpc) is 2.01. The largest absolute Gasteiger partial charge is 0.337 e. The third kappa shape index (κ3) is 1.61. The molecule has 0 atom stereocenters. The molecule has 0 bridgehead atoms. The van der Waals surface area contributed by atoms with E-state index in [1.54, 1.807) is 0 Å². The Morgan fingerprint density at radius 1 is 1.33 bits per heavy atom. The Bertz CT molecular complexity index is 308. The van der Waals surface area contributed by atoms with Crippen molar-refractivity contribution < 1.29 is 4.84 Å². The van der Waals surface area contributed by atoms with Gasteiger partial charge in [0.05, 0.1) is 0 Å². The lowest BCUT2D eigenvalue weighted by molar-refractivity contribution is 0.328. The minimum Gasteiger partial charge on any atom is -0.337 e. The average molecular weight is 164 g/mol. The van der Waals surface area contributed by atoms with Crippen LogP contribution in [0.1, 0.15) is 16.8 Å². The molecule has 0 saturated carbocycles. The summed E-state index contributed by atoms with van der Waals surface area (Å²) in [6.07, 6.45) is 0. The molecule has 0 aliphatic carbocycles. The van der Waals surface area contributed by atoms with Crippen molar-refractivity contribution in [2.24, 2.45) is 5.16 Å². The van der Waals surface area contributed by atoms with Crippen molar-refractivity contribution in [1.82, 2.24) is 4.98 Å². The van der Waals surface area contributed by atoms with Crippen LogP contribution in [-0.2, 0) is 0 Å². The standard InChI is InChI=1S/C9H12N2O/c1-6-5-7(2)9(12-10-4)11-8(6)3/h5H,4H2,1-3H3. The zero-order chi connectivity index (χ0) is 9.14. The summed E-state index contributed by atoms with van der Waals surface area (Å²) in [5.74, 6) is 0.535. The molecule has 1 aromatic heterocycles. The van der Waals surface area contributed by atoms with Gasteiger partial charge in [0.25, 0.3) is 5.88 Å². The van der Waals surface area contributed by atoms with Gasteiger partial charge < -0.3 is 4.84 Å². The molecule has 0 aromatic carbocycles. The van der Waals surface area contributed by atoms with Gasteiger partial charge in [0.1, 0.15) is 0 Å². The summed E-state index contributed by atoms with van der Waals surface area (Å²) < 4.78 is 0.